The highest BCUT2D eigenvalue weighted by molar-refractivity contribution is 5.92. The predicted molar refractivity (Wildman–Crippen MR) is 77.0 cm³/mol. The Balaban J connectivity index is 2.06. The van der Waals surface area contributed by atoms with Gasteiger partial charge >= 0.3 is 5.97 Å². The molecule has 1 heterocycles. The van der Waals surface area contributed by atoms with Crippen molar-refractivity contribution in [2.24, 2.45) is 0 Å². The molecule has 1 aromatic heterocycles. The van der Waals surface area contributed by atoms with E-state index >= 15 is 0 Å². The molecule has 0 radical (unpaired) electrons. The standard InChI is InChI=1S/C16H14N2O2/c1-11-4-2-3-5-13(11)9-18-10-17-14-7-6-12(16(19)20)8-15(14)18/h2-8,10H,9H2,1H3,(H,19,20). The van der Waals surface area contributed by atoms with Crippen molar-refractivity contribution in [2.45, 2.75) is 13.5 Å². The first-order valence-corrected chi connectivity index (χ1v) is 6.38. The van der Waals surface area contributed by atoms with E-state index in [4.69, 9.17) is 5.11 Å². The lowest BCUT2D eigenvalue weighted by Gasteiger charge is -2.08. The highest BCUT2D eigenvalue weighted by atomic mass is 16.4. The highest BCUT2D eigenvalue weighted by Crippen LogP contribution is 2.18. The zero-order valence-corrected chi connectivity index (χ0v) is 11.1. The van der Waals surface area contributed by atoms with Gasteiger partial charge in [-0.1, -0.05) is 24.3 Å². The van der Waals surface area contributed by atoms with Gasteiger partial charge in [-0.15, -0.1) is 0 Å². The molecular weight excluding hydrogens is 252 g/mol. The number of aryl methyl sites for hydroxylation is 1. The zero-order chi connectivity index (χ0) is 14.1. The predicted octanol–water partition coefficient (Wildman–Crippen LogP) is 3.09. The largest absolute Gasteiger partial charge is 0.478 e. The minimum absolute atomic E-state index is 0.282. The molecule has 0 saturated heterocycles. The van der Waals surface area contributed by atoms with Crippen LogP contribution in [0.4, 0.5) is 0 Å². The molecular formula is C16H14N2O2. The van der Waals surface area contributed by atoms with Gasteiger partial charge in [-0.25, -0.2) is 9.78 Å². The number of imidazole rings is 1. The number of hydrogen-bond donors (Lipinski definition) is 1. The van der Waals surface area contributed by atoms with E-state index in [9.17, 15) is 4.79 Å². The molecule has 100 valence electrons. The number of carboxylic acid groups (broad SMARTS) is 1. The number of carbonyl (C=O) groups is 1. The summed E-state index contributed by atoms with van der Waals surface area (Å²) in [6.45, 7) is 2.75. The average molecular weight is 266 g/mol. The lowest BCUT2D eigenvalue weighted by Crippen LogP contribution is -2.01. The molecule has 0 bridgehead atoms. The van der Waals surface area contributed by atoms with Crippen LogP contribution in [-0.4, -0.2) is 20.6 Å². The van der Waals surface area contributed by atoms with E-state index in [1.54, 1.807) is 24.5 Å². The summed E-state index contributed by atoms with van der Waals surface area (Å²) < 4.78 is 1.98. The molecule has 0 atom stereocenters. The fourth-order valence-electron chi connectivity index (χ4n) is 2.29. The number of aromatic nitrogens is 2. The second kappa shape index (κ2) is 4.81. The second-order valence-electron chi connectivity index (χ2n) is 4.81. The van der Waals surface area contributed by atoms with E-state index < -0.39 is 5.97 Å². The van der Waals surface area contributed by atoms with Crippen LogP contribution in [0.5, 0.6) is 0 Å². The van der Waals surface area contributed by atoms with Gasteiger partial charge in [0, 0.05) is 6.54 Å². The van der Waals surface area contributed by atoms with Crippen molar-refractivity contribution in [1.82, 2.24) is 9.55 Å². The van der Waals surface area contributed by atoms with Crippen molar-refractivity contribution < 1.29 is 9.90 Å². The molecule has 2 aromatic carbocycles. The van der Waals surface area contributed by atoms with Crippen LogP contribution in [0.2, 0.25) is 0 Å². The van der Waals surface area contributed by atoms with Crippen LogP contribution in [0.25, 0.3) is 11.0 Å². The minimum Gasteiger partial charge on any atom is -0.478 e. The maximum Gasteiger partial charge on any atom is 0.335 e. The topological polar surface area (TPSA) is 55.1 Å². The summed E-state index contributed by atoms with van der Waals surface area (Å²) in [4.78, 5) is 15.4. The number of aromatic carboxylic acids is 1. The molecule has 3 rings (SSSR count). The van der Waals surface area contributed by atoms with Gasteiger partial charge in [-0.2, -0.15) is 0 Å². The molecule has 0 amide bonds. The lowest BCUT2D eigenvalue weighted by atomic mass is 10.1. The maximum absolute atomic E-state index is 11.1. The van der Waals surface area contributed by atoms with Crippen LogP contribution in [0.1, 0.15) is 21.5 Å². The molecule has 0 aliphatic heterocycles. The average Bonchev–Trinajstić information content (AvgIpc) is 2.84. The normalized spacial score (nSPS) is 10.8. The van der Waals surface area contributed by atoms with Crippen molar-refractivity contribution in [3.8, 4) is 0 Å². The van der Waals surface area contributed by atoms with Gasteiger partial charge in [-0.05, 0) is 36.2 Å². The third kappa shape index (κ3) is 2.16. The van der Waals surface area contributed by atoms with Gasteiger partial charge in [0.15, 0.2) is 0 Å². The van der Waals surface area contributed by atoms with Crippen LogP contribution < -0.4 is 0 Å². The summed E-state index contributed by atoms with van der Waals surface area (Å²) in [6.07, 6.45) is 1.75. The van der Waals surface area contributed by atoms with Crippen LogP contribution in [-0.2, 0) is 6.54 Å². The molecule has 0 saturated carbocycles. The third-order valence-corrected chi connectivity index (χ3v) is 3.47. The molecule has 1 N–H and O–H groups in total. The van der Waals surface area contributed by atoms with E-state index in [1.165, 1.54) is 11.1 Å². The summed E-state index contributed by atoms with van der Waals surface area (Å²) in [7, 11) is 0. The summed E-state index contributed by atoms with van der Waals surface area (Å²) in [5.41, 5.74) is 4.34. The Kier molecular flexibility index (Phi) is 2.99. The molecule has 0 fully saturated rings. The molecule has 0 spiro atoms. The number of carboxylic acids is 1. The van der Waals surface area contributed by atoms with E-state index in [-0.39, 0.29) is 5.56 Å². The Hall–Kier alpha value is -2.62. The first-order valence-electron chi connectivity index (χ1n) is 6.38. The van der Waals surface area contributed by atoms with Crippen molar-refractivity contribution in [1.29, 1.82) is 0 Å². The van der Waals surface area contributed by atoms with Gasteiger partial charge in [0.2, 0.25) is 0 Å². The van der Waals surface area contributed by atoms with Crippen LogP contribution in [0.15, 0.2) is 48.8 Å². The Morgan fingerprint density at radius 2 is 2.05 bits per heavy atom. The van der Waals surface area contributed by atoms with Crippen LogP contribution in [0.3, 0.4) is 0 Å². The second-order valence-corrected chi connectivity index (χ2v) is 4.81. The smallest absolute Gasteiger partial charge is 0.335 e. The van der Waals surface area contributed by atoms with E-state index in [0.29, 0.717) is 6.54 Å². The molecule has 0 unspecified atom stereocenters. The zero-order valence-electron chi connectivity index (χ0n) is 11.1. The Bertz CT molecular complexity index is 790. The van der Waals surface area contributed by atoms with Gasteiger partial charge in [0.25, 0.3) is 0 Å². The van der Waals surface area contributed by atoms with Gasteiger partial charge in [-0.3, -0.25) is 0 Å². The van der Waals surface area contributed by atoms with Crippen LogP contribution in [0, 0.1) is 6.92 Å². The first-order chi connectivity index (χ1) is 9.65. The Morgan fingerprint density at radius 1 is 1.25 bits per heavy atom. The molecule has 0 aliphatic carbocycles. The van der Waals surface area contributed by atoms with Gasteiger partial charge in [0.05, 0.1) is 22.9 Å². The number of rotatable bonds is 3. The monoisotopic (exact) mass is 266 g/mol. The van der Waals surface area contributed by atoms with E-state index in [2.05, 4.69) is 24.0 Å². The summed E-state index contributed by atoms with van der Waals surface area (Å²) in [5.74, 6) is -0.921. The van der Waals surface area contributed by atoms with E-state index in [1.807, 2.05) is 16.7 Å². The number of nitrogens with zero attached hydrogens (tertiary/aromatic N) is 2. The third-order valence-electron chi connectivity index (χ3n) is 3.47. The highest BCUT2D eigenvalue weighted by Gasteiger charge is 2.08. The van der Waals surface area contributed by atoms with Crippen molar-refractivity contribution in [3.63, 3.8) is 0 Å². The fraction of sp³-hybridized carbons (Fsp3) is 0.125. The maximum atomic E-state index is 11.1. The molecule has 0 aliphatic rings. The SMILES string of the molecule is Cc1ccccc1Cn1cnc2ccc(C(=O)O)cc21. The molecule has 20 heavy (non-hydrogen) atoms. The quantitative estimate of drug-likeness (QED) is 0.792. The summed E-state index contributed by atoms with van der Waals surface area (Å²) in [6, 6.07) is 13.1. The summed E-state index contributed by atoms with van der Waals surface area (Å²) in [5, 5.41) is 9.08. The van der Waals surface area contributed by atoms with E-state index in [0.717, 1.165) is 11.0 Å². The minimum atomic E-state index is -0.921. The number of fused-ring (bicyclic) bond motifs is 1. The molecule has 4 heteroatoms. The Labute approximate surface area is 116 Å². The molecule has 3 aromatic rings. The lowest BCUT2D eigenvalue weighted by molar-refractivity contribution is 0.0697. The first kappa shape index (κ1) is 12.4. The number of hydrogen-bond acceptors (Lipinski definition) is 2. The van der Waals surface area contributed by atoms with Crippen molar-refractivity contribution in [3.05, 3.63) is 65.5 Å². The van der Waals surface area contributed by atoms with Crippen LogP contribution >= 0.6 is 0 Å². The van der Waals surface area contributed by atoms with Gasteiger partial charge in [0.1, 0.15) is 0 Å². The van der Waals surface area contributed by atoms with Gasteiger partial charge < -0.3 is 9.67 Å². The van der Waals surface area contributed by atoms with Crippen molar-refractivity contribution in [2.75, 3.05) is 0 Å². The fourth-order valence-corrected chi connectivity index (χ4v) is 2.29. The molecule has 4 nitrogen and oxygen atoms in total. The number of benzene rings is 2. The Morgan fingerprint density at radius 3 is 2.80 bits per heavy atom. The summed E-state index contributed by atoms with van der Waals surface area (Å²) >= 11 is 0. The van der Waals surface area contributed by atoms with Crippen molar-refractivity contribution >= 4 is 17.0 Å².